The molecule has 0 spiro atoms. The molecule has 0 aromatic rings. The zero-order valence-electron chi connectivity index (χ0n) is 14.5. The first-order valence-electron chi connectivity index (χ1n) is 9.48. The Kier molecular flexibility index (Phi) is 3.53. The average Bonchev–Trinajstić information content (AvgIpc) is 2.87. The number of rotatable bonds is 1. The molecule has 4 aliphatic carbocycles. The first-order chi connectivity index (χ1) is 11.4. The number of hydrogen-bond donors (Lipinski definition) is 0. The van der Waals surface area contributed by atoms with E-state index in [-0.39, 0.29) is 28.3 Å². The van der Waals surface area contributed by atoms with Crippen molar-refractivity contribution in [2.75, 3.05) is 0 Å². The zero-order valence-corrected chi connectivity index (χ0v) is 14.5. The third-order valence-electron chi connectivity index (χ3n) is 8.21. The van der Waals surface area contributed by atoms with Crippen molar-refractivity contribution in [3.05, 3.63) is 0 Å². The Bertz CT molecular complexity index is 656. The molecule has 4 saturated carbocycles. The summed E-state index contributed by atoms with van der Waals surface area (Å²) in [6.07, 6.45) is 12.9. The molecule has 0 amide bonds. The van der Waals surface area contributed by atoms with Gasteiger partial charge in [-0.2, -0.15) is 0 Å². The molecule has 4 unspecified atom stereocenters. The highest BCUT2D eigenvalue weighted by atomic mass is 16.2. The van der Waals surface area contributed by atoms with Gasteiger partial charge in [0.25, 0.3) is 0 Å². The van der Waals surface area contributed by atoms with Gasteiger partial charge in [-0.1, -0.05) is 6.92 Å². The van der Waals surface area contributed by atoms with Crippen LogP contribution in [-0.4, -0.2) is 17.3 Å². The van der Waals surface area contributed by atoms with Crippen LogP contribution in [-0.2, 0) is 14.4 Å². The van der Waals surface area contributed by atoms with Gasteiger partial charge in [0.2, 0.25) is 5.78 Å². The molecule has 0 N–H and O–H groups in total. The van der Waals surface area contributed by atoms with E-state index < -0.39 is 0 Å². The monoisotopic (exact) mass is 326 g/mol. The predicted molar refractivity (Wildman–Crippen MR) is 89.9 cm³/mol. The minimum Gasteiger partial charge on any atom is -0.299 e. The van der Waals surface area contributed by atoms with Crippen molar-refractivity contribution in [3.8, 4) is 12.3 Å². The molecule has 4 fully saturated rings. The fourth-order valence-corrected chi connectivity index (χ4v) is 7.03. The Morgan fingerprint density at radius 3 is 2.58 bits per heavy atom. The fourth-order valence-electron chi connectivity index (χ4n) is 7.03. The molecule has 24 heavy (non-hydrogen) atoms. The highest BCUT2D eigenvalue weighted by molar-refractivity contribution is 6.38. The van der Waals surface area contributed by atoms with E-state index in [1.54, 1.807) is 0 Å². The molecule has 4 rings (SSSR count). The van der Waals surface area contributed by atoms with E-state index in [1.165, 1.54) is 0 Å². The minimum atomic E-state index is -0.192. The molecule has 0 saturated heterocycles. The number of carbonyl (C=O) groups excluding carboxylic acids is 3. The Balaban J connectivity index is 1.73. The second-order valence-electron chi connectivity index (χ2n) is 8.83. The van der Waals surface area contributed by atoms with E-state index in [9.17, 15) is 14.4 Å². The summed E-state index contributed by atoms with van der Waals surface area (Å²) in [7, 11) is 0. The van der Waals surface area contributed by atoms with Crippen molar-refractivity contribution in [2.45, 2.75) is 64.7 Å². The number of fused-ring (bicyclic) bond motifs is 5. The molecule has 6 atom stereocenters. The highest BCUT2D eigenvalue weighted by Crippen LogP contribution is 2.65. The van der Waals surface area contributed by atoms with Gasteiger partial charge >= 0.3 is 0 Å². The lowest BCUT2D eigenvalue weighted by molar-refractivity contribution is -0.160. The van der Waals surface area contributed by atoms with Crippen LogP contribution in [0.3, 0.4) is 0 Å². The summed E-state index contributed by atoms with van der Waals surface area (Å²) in [6.45, 7) is 2.17. The largest absolute Gasteiger partial charge is 0.299 e. The van der Waals surface area contributed by atoms with Crippen molar-refractivity contribution < 1.29 is 14.4 Å². The van der Waals surface area contributed by atoms with E-state index in [0.717, 1.165) is 38.5 Å². The van der Waals surface area contributed by atoms with Gasteiger partial charge in [-0.3, -0.25) is 14.4 Å². The van der Waals surface area contributed by atoms with Gasteiger partial charge in [0, 0.05) is 30.6 Å². The van der Waals surface area contributed by atoms with Crippen LogP contribution in [0.4, 0.5) is 0 Å². The van der Waals surface area contributed by atoms with E-state index in [1.807, 2.05) is 0 Å². The van der Waals surface area contributed by atoms with Crippen LogP contribution in [0.25, 0.3) is 0 Å². The molecule has 0 aliphatic heterocycles. The Morgan fingerprint density at radius 1 is 1.04 bits per heavy atom. The maximum Gasteiger partial charge on any atom is 0.202 e. The van der Waals surface area contributed by atoms with Gasteiger partial charge in [0.15, 0.2) is 5.78 Å². The van der Waals surface area contributed by atoms with E-state index in [4.69, 9.17) is 6.42 Å². The topological polar surface area (TPSA) is 51.2 Å². The van der Waals surface area contributed by atoms with Crippen molar-refractivity contribution in [1.29, 1.82) is 0 Å². The standard InChI is InChI=1S/C21H26O3/c1-3-10-21-12-9-17(22)19(24)16(21)5-4-13-14-6-7-18(23)20(14,2)11-8-15(13)21/h1,13-16H,4-12H2,2H3/t13?,14?,15?,16?,20-,21+/m0/s1. The lowest BCUT2D eigenvalue weighted by Crippen LogP contribution is -2.57. The van der Waals surface area contributed by atoms with Crippen LogP contribution in [0, 0.1) is 46.8 Å². The number of terminal acetylenes is 1. The summed E-state index contributed by atoms with van der Waals surface area (Å²) in [5.41, 5.74) is -0.338. The third kappa shape index (κ3) is 1.89. The summed E-state index contributed by atoms with van der Waals surface area (Å²) in [4.78, 5) is 37.0. The summed E-state index contributed by atoms with van der Waals surface area (Å²) in [5, 5.41) is 0. The first kappa shape index (κ1) is 16.1. The number of ketones is 3. The lowest BCUT2D eigenvalue weighted by Gasteiger charge is -2.59. The van der Waals surface area contributed by atoms with E-state index >= 15 is 0 Å². The molecule has 0 heterocycles. The van der Waals surface area contributed by atoms with Gasteiger partial charge in [-0.25, -0.2) is 0 Å². The van der Waals surface area contributed by atoms with Gasteiger partial charge in [-0.05, 0) is 61.7 Å². The van der Waals surface area contributed by atoms with Gasteiger partial charge in [0.1, 0.15) is 5.78 Å². The Labute approximate surface area is 143 Å². The molecule has 0 bridgehead atoms. The van der Waals surface area contributed by atoms with Crippen LogP contribution in [0.2, 0.25) is 0 Å². The van der Waals surface area contributed by atoms with E-state index in [2.05, 4.69) is 12.8 Å². The maximum absolute atomic E-state index is 12.6. The molecule has 3 nitrogen and oxygen atoms in total. The van der Waals surface area contributed by atoms with Gasteiger partial charge in [-0.15, -0.1) is 12.3 Å². The van der Waals surface area contributed by atoms with Gasteiger partial charge in [0.05, 0.1) is 0 Å². The van der Waals surface area contributed by atoms with Crippen LogP contribution < -0.4 is 0 Å². The zero-order chi connectivity index (χ0) is 17.1. The van der Waals surface area contributed by atoms with Crippen molar-refractivity contribution >= 4 is 17.3 Å². The van der Waals surface area contributed by atoms with Crippen LogP contribution in [0.1, 0.15) is 64.7 Å². The molecule has 0 radical (unpaired) electrons. The Hall–Kier alpha value is -1.43. The lowest BCUT2D eigenvalue weighted by atomic mass is 9.44. The molecule has 0 aromatic carbocycles. The molecule has 4 aliphatic rings. The fraction of sp³-hybridized carbons (Fsp3) is 0.762. The molecule has 0 aromatic heterocycles. The Morgan fingerprint density at radius 2 is 1.83 bits per heavy atom. The van der Waals surface area contributed by atoms with Crippen molar-refractivity contribution in [3.63, 3.8) is 0 Å². The summed E-state index contributed by atoms with van der Waals surface area (Å²) >= 11 is 0. The second-order valence-corrected chi connectivity index (χ2v) is 8.83. The minimum absolute atomic E-state index is 0.153. The quantitative estimate of drug-likeness (QED) is 0.548. The molecule has 3 heteroatoms. The van der Waals surface area contributed by atoms with Crippen LogP contribution in [0.5, 0.6) is 0 Å². The normalized spacial score (nSPS) is 47.6. The summed E-state index contributed by atoms with van der Waals surface area (Å²) in [6, 6.07) is 0. The predicted octanol–water partition coefficient (Wildman–Crippen LogP) is 3.35. The maximum atomic E-state index is 12.6. The summed E-state index contributed by atoms with van der Waals surface area (Å²) in [5.74, 6) is 4.12. The number of hydrogen-bond acceptors (Lipinski definition) is 3. The van der Waals surface area contributed by atoms with Crippen LogP contribution in [0.15, 0.2) is 0 Å². The molecule has 128 valence electrons. The smallest absolute Gasteiger partial charge is 0.202 e. The second kappa shape index (κ2) is 5.28. The third-order valence-corrected chi connectivity index (χ3v) is 8.21. The van der Waals surface area contributed by atoms with Gasteiger partial charge < -0.3 is 0 Å². The first-order valence-corrected chi connectivity index (χ1v) is 9.48. The number of Topliss-reactive ketones (excluding diaryl/α,β-unsaturated/α-hetero) is 3. The van der Waals surface area contributed by atoms with Crippen molar-refractivity contribution in [1.82, 2.24) is 0 Å². The van der Waals surface area contributed by atoms with E-state index in [0.29, 0.717) is 42.8 Å². The van der Waals surface area contributed by atoms with Crippen LogP contribution >= 0.6 is 0 Å². The average molecular weight is 326 g/mol. The SMILES string of the molecule is C#CC[C@]12CCC(=O)C(=O)C1CCC1C2CC[C@]2(C)C(=O)CCC12. The van der Waals surface area contributed by atoms with Crippen molar-refractivity contribution in [2.24, 2.45) is 34.5 Å². The highest BCUT2D eigenvalue weighted by Gasteiger charge is 2.63. The number of carbonyl (C=O) groups is 3. The molecular formula is C21H26O3. The summed E-state index contributed by atoms with van der Waals surface area (Å²) < 4.78 is 0. The molecular weight excluding hydrogens is 300 g/mol.